The topological polar surface area (TPSA) is 104 Å². The van der Waals surface area contributed by atoms with Gasteiger partial charge in [-0.3, -0.25) is 0 Å². The normalized spacial score (nSPS) is 8.81. The molecule has 0 unspecified atom stereocenters. The van der Waals surface area contributed by atoms with Crippen molar-refractivity contribution in [2.75, 3.05) is 26.6 Å². The molecule has 0 bridgehead atoms. The number of nitriles is 2. The maximum Gasteiger partial charge on any atom is 0.345 e. The molecule has 0 amide bonds. The average molecular weight is 287 g/mol. The highest BCUT2D eigenvalue weighted by molar-refractivity contribution is 5.98. The van der Waals surface area contributed by atoms with Gasteiger partial charge in [-0.25, -0.2) is 4.79 Å². The van der Waals surface area contributed by atoms with Crippen molar-refractivity contribution in [3.05, 3.63) is 29.5 Å². The van der Waals surface area contributed by atoms with Gasteiger partial charge >= 0.3 is 5.97 Å². The van der Waals surface area contributed by atoms with E-state index in [0.29, 0.717) is 5.69 Å². The number of hydrogen-bond donors (Lipinski definition) is 1. The van der Waals surface area contributed by atoms with Crippen LogP contribution in [0.5, 0.6) is 11.5 Å². The van der Waals surface area contributed by atoms with Crippen LogP contribution in [-0.2, 0) is 4.74 Å². The molecule has 0 aliphatic heterocycles. The third kappa shape index (κ3) is 3.43. The minimum absolute atomic E-state index is 0.108. The molecule has 0 saturated heterocycles. The Morgan fingerprint density at radius 2 is 1.86 bits per heavy atom. The highest BCUT2D eigenvalue weighted by Crippen LogP contribution is 2.36. The second-order valence-corrected chi connectivity index (χ2v) is 3.64. The van der Waals surface area contributed by atoms with E-state index in [1.54, 1.807) is 24.3 Å². The lowest BCUT2D eigenvalue weighted by molar-refractivity contribution is 0.0593. The minimum Gasteiger partial charge on any atom is -0.496 e. The summed E-state index contributed by atoms with van der Waals surface area (Å²) in [7, 11) is 4.04. The number of anilines is 1. The van der Waals surface area contributed by atoms with Gasteiger partial charge in [0.15, 0.2) is 5.75 Å². The number of carbonyl (C=O) groups is 1. The number of carbonyl (C=O) groups excluding carboxylic acids is 1. The molecule has 0 fully saturated rings. The molecule has 108 valence electrons. The van der Waals surface area contributed by atoms with Gasteiger partial charge in [-0.05, 0) is 12.1 Å². The molecule has 21 heavy (non-hydrogen) atoms. The van der Waals surface area contributed by atoms with E-state index >= 15 is 0 Å². The van der Waals surface area contributed by atoms with Crippen molar-refractivity contribution < 1.29 is 19.0 Å². The van der Waals surface area contributed by atoms with Gasteiger partial charge in [-0.2, -0.15) is 10.5 Å². The Kier molecular flexibility index (Phi) is 5.60. The van der Waals surface area contributed by atoms with Crippen LogP contribution in [0.15, 0.2) is 23.9 Å². The number of esters is 1. The second kappa shape index (κ2) is 7.41. The summed E-state index contributed by atoms with van der Waals surface area (Å²) in [6, 6.07) is 6.56. The number of nitrogens with zero attached hydrogens (tertiary/aromatic N) is 2. The van der Waals surface area contributed by atoms with Gasteiger partial charge in [0.05, 0.1) is 27.0 Å². The Balaban J connectivity index is 3.36. The molecule has 1 aromatic rings. The van der Waals surface area contributed by atoms with Crippen molar-refractivity contribution in [3.8, 4) is 23.6 Å². The van der Waals surface area contributed by atoms with Gasteiger partial charge in [-0.1, -0.05) is 0 Å². The summed E-state index contributed by atoms with van der Waals surface area (Å²) in [5.41, 5.74) is 0.380. The SMILES string of the molecule is COC(=O)c1c(OC)ccc(NC=C(C#N)C#N)c1OC. The smallest absolute Gasteiger partial charge is 0.345 e. The number of hydrogen-bond acceptors (Lipinski definition) is 7. The minimum atomic E-state index is -0.628. The quantitative estimate of drug-likeness (QED) is 0.650. The number of benzene rings is 1. The van der Waals surface area contributed by atoms with Crippen LogP contribution in [0.4, 0.5) is 5.69 Å². The van der Waals surface area contributed by atoms with Crippen molar-refractivity contribution in [2.45, 2.75) is 0 Å². The molecular formula is C14H13N3O4. The molecule has 0 saturated carbocycles. The third-order valence-corrected chi connectivity index (χ3v) is 2.55. The monoisotopic (exact) mass is 287 g/mol. The molecular weight excluding hydrogens is 274 g/mol. The standard InChI is InChI=1S/C14H13N3O4/c1-19-11-5-4-10(17-8-9(6-15)7-16)13(20-2)12(11)14(18)21-3/h4-5,8,17H,1-3H3. The van der Waals surface area contributed by atoms with E-state index in [1.807, 2.05) is 0 Å². The van der Waals surface area contributed by atoms with E-state index in [1.165, 1.54) is 27.5 Å². The first-order valence-corrected chi connectivity index (χ1v) is 5.73. The summed E-state index contributed by atoms with van der Waals surface area (Å²) in [4.78, 5) is 11.8. The Morgan fingerprint density at radius 3 is 2.33 bits per heavy atom. The van der Waals surface area contributed by atoms with Crippen LogP contribution in [0.1, 0.15) is 10.4 Å². The largest absolute Gasteiger partial charge is 0.496 e. The average Bonchev–Trinajstić information content (AvgIpc) is 2.54. The summed E-state index contributed by atoms with van der Waals surface area (Å²) in [5.74, 6) is -0.154. The predicted octanol–water partition coefficient (Wildman–Crippen LogP) is 1.83. The lowest BCUT2D eigenvalue weighted by Crippen LogP contribution is -2.08. The molecule has 0 spiro atoms. The number of ether oxygens (including phenoxy) is 3. The fraction of sp³-hybridized carbons (Fsp3) is 0.214. The summed E-state index contributed by atoms with van der Waals surface area (Å²) >= 11 is 0. The zero-order chi connectivity index (χ0) is 15.8. The van der Waals surface area contributed by atoms with Crippen LogP contribution in [0, 0.1) is 22.7 Å². The maximum atomic E-state index is 11.8. The second-order valence-electron chi connectivity index (χ2n) is 3.64. The first-order chi connectivity index (χ1) is 10.1. The molecule has 0 heterocycles. The molecule has 7 nitrogen and oxygen atoms in total. The van der Waals surface area contributed by atoms with Crippen LogP contribution in [0.3, 0.4) is 0 Å². The van der Waals surface area contributed by atoms with E-state index in [9.17, 15) is 4.79 Å². The van der Waals surface area contributed by atoms with Crippen LogP contribution in [0.25, 0.3) is 0 Å². The molecule has 7 heteroatoms. The molecule has 0 aliphatic carbocycles. The number of methoxy groups -OCH3 is 3. The summed E-state index contributed by atoms with van der Waals surface area (Å²) in [6.07, 6.45) is 1.21. The van der Waals surface area contributed by atoms with Crippen LogP contribution in [-0.4, -0.2) is 27.3 Å². The van der Waals surface area contributed by atoms with Crippen molar-refractivity contribution in [3.63, 3.8) is 0 Å². The predicted molar refractivity (Wildman–Crippen MR) is 73.8 cm³/mol. The first kappa shape index (κ1) is 15.9. The van der Waals surface area contributed by atoms with E-state index < -0.39 is 5.97 Å². The molecule has 1 rings (SSSR count). The number of allylic oxidation sites excluding steroid dienone is 1. The van der Waals surface area contributed by atoms with Crippen LogP contribution < -0.4 is 14.8 Å². The fourth-order valence-electron chi connectivity index (χ4n) is 1.60. The molecule has 1 N–H and O–H groups in total. The van der Waals surface area contributed by atoms with Crippen LogP contribution >= 0.6 is 0 Å². The van der Waals surface area contributed by atoms with Crippen molar-refractivity contribution in [1.29, 1.82) is 10.5 Å². The fourth-order valence-corrected chi connectivity index (χ4v) is 1.60. The van der Waals surface area contributed by atoms with Crippen LogP contribution in [0.2, 0.25) is 0 Å². The zero-order valence-electron chi connectivity index (χ0n) is 11.8. The van der Waals surface area contributed by atoms with Gasteiger partial charge in [0, 0.05) is 6.20 Å². The van der Waals surface area contributed by atoms with Gasteiger partial charge < -0.3 is 19.5 Å². The van der Waals surface area contributed by atoms with Crippen molar-refractivity contribution in [2.24, 2.45) is 0 Å². The zero-order valence-corrected chi connectivity index (χ0v) is 11.8. The molecule has 1 aromatic carbocycles. The Bertz CT molecular complexity index is 637. The van der Waals surface area contributed by atoms with E-state index in [0.717, 1.165) is 0 Å². The molecule has 0 aromatic heterocycles. The van der Waals surface area contributed by atoms with Gasteiger partial charge in [0.25, 0.3) is 0 Å². The maximum absolute atomic E-state index is 11.8. The Labute approximate surface area is 121 Å². The third-order valence-electron chi connectivity index (χ3n) is 2.55. The van der Waals surface area contributed by atoms with E-state index in [4.69, 9.17) is 24.7 Å². The molecule has 0 atom stereocenters. The van der Waals surface area contributed by atoms with Crippen molar-refractivity contribution >= 4 is 11.7 Å². The lowest BCUT2D eigenvalue weighted by Gasteiger charge is -2.15. The Morgan fingerprint density at radius 1 is 1.19 bits per heavy atom. The molecule has 0 aliphatic rings. The summed E-state index contributed by atoms with van der Waals surface area (Å²) in [6.45, 7) is 0. The van der Waals surface area contributed by atoms with E-state index in [2.05, 4.69) is 5.32 Å². The van der Waals surface area contributed by atoms with Gasteiger partial charge in [0.2, 0.25) is 0 Å². The summed E-state index contributed by atoms with van der Waals surface area (Å²) in [5, 5.41) is 20.1. The highest BCUT2D eigenvalue weighted by atomic mass is 16.5. The Hall–Kier alpha value is -3.19. The van der Waals surface area contributed by atoms with Gasteiger partial charge in [0.1, 0.15) is 29.0 Å². The van der Waals surface area contributed by atoms with Gasteiger partial charge in [-0.15, -0.1) is 0 Å². The highest BCUT2D eigenvalue weighted by Gasteiger charge is 2.22. The lowest BCUT2D eigenvalue weighted by atomic mass is 10.1. The first-order valence-electron chi connectivity index (χ1n) is 5.73. The molecule has 0 radical (unpaired) electrons. The number of rotatable bonds is 5. The van der Waals surface area contributed by atoms with E-state index in [-0.39, 0.29) is 22.6 Å². The summed E-state index contributed by atoms with van der Waals surface area (Å²) < 4.78 is 15.0. The number of nitrogens with one attached hydrogen (secondary N) is 1. The van der Waals surface area contributed by atoms with Crippen molar-refractivity contribution in [1.82, 2.24) is 0 Å².